The van der Waals surface area contributed by atoms with Crippen molar-refractivity contribution in [3.05, 3.63) is 58.1 Å². The number of halogens is 5. The van der Waals surface area contributed by atoms with Crippen molar-refractivity contribution in [1.82, 2.24) is 0 Å². The van der Waals surface area contributed by atoms with Crippen LogP contribution in [0.5, 0.6) is 0 Å². The zero-order valence-corrected chi connectivity index (χ0v) is 13.8. The number of anilines is 2. The average molecular weight is 377 g/mol. The summed E-state index contributed by atoms with van der Waals surface area (Å²) < 4.78 is 37.8. The summed E-state index contributed by atoms with van der Waals surface area (Å²) >= 11 is 11.7. The number of hydrogen-bond acceptors (Lipinski definition) is 2. The van der Waals surface area contributed by atoms with E-state index in [1.807, 2.05) is 0 Å². The predicted octanol–water partition coefficient (Wildman–Crippen LogP) is 5.45. The summed E-state index contributed by atoms with van der Waals surface area (Å²) in [6.45, 7) is 0.179. The second-order valence-corrected chi connectivity index (χ2v) is 5.77. The van der Waals surface area contributed by atoms with Gasteiger partial charge in [-0.1, -0.05) is 29.3 Å². The third-order valence-electron chi connectivity index (χ3n) is 3.08. The Bertz CT molecular complexity index is 736. The van der Waals surface area contributed by atoms with E-state index >= 15 is 0 Å². The van der Waals surface area contributed by atoms with Gasteiger partial charge in [-0.25, -0.2) is 0 Å². The largest absolute Gasteiger partial charge is 0.416 e. The topological polar surface area (TPSA) is 41.1 Å². The fraction of sp³-hybridized carbons (Fsp3) is 0.188. The molecule has 0 aliphatic heterocycles. The Morgan fingerprint density at radius 2 is 1.83 bits per heavy atom. The highest BCUT2D eigenvalue weighted by atomic mass is 35.5. The fourth-order valence-electron chi connectivity index (χ4n) is 1.93. The molecule has 8 heteroatoms. The normalized spacial score (nSPS) is 11.2. The molecule has 0 aromatic heterocycles. The van der Waals surface area contributed by atoms with E-state index in [4.69, 9.17) is 23.2 Å². The van der Waals surface area contributed by atoms with Crippen molar-refractivity contribution in [2.45, 2.75) is 12.6 Å². The van der Waals surface area contributed by atoms with Crippen molar-refractivity contribution in [2.75, 3.05) is 17.2 Å². The molecule has 2 N–H and O–H groups in total. The number of carbonyl (C=O) groups excluding carboxylic acids is 1. The first-order valence-corrected chi connectivity index (χ1v) is 7.67. The third-order valence-corrected chi connectivity index (χ3v) is 3.62. The van der Waals surface area contributed by atoms with Crippen molar-refractivity contribution < 1.29 is 18.0 Å². The van der Waals surface area contributed by atoms with E-state index < -0.39 is 11.7 Å². The summed E-state index contributed by atoms with van der Waals surface area (Å²) in [7, 11) is 0. The Labute approximate surface area is 146 Å². The molecule has 2 rings (SSSR count). The van der Waals surface area contributed by atoms with Crippen molar-refractivity contribution in [3.63, 3.8) is 0 Å². The van der Waals surface area contributed by atoms with E-state index in [1.54, 1.807) is 12.1 Å². The molecule has 0 aliphatic rings. The quantitative estimate of drug-likeness (QED) is 0.727. The van der Waals surface area contributed by atoms with Crippen molar-refractivity contribution in [1.29, 1.82) is 0 Å². The number of amides is 1. The Hall–Kier alpha value is -1.92. The number of rotatable bonds is 5. The van der Waals surface area contributed by atoms with Crippen LogP contribution in [0.25, 0.3) is 0 Å². The van der Waals surface area contributed by atoms with E-state index in [9.17, 15) is 18.0 Å². The molecular formula is C16H13Cl2F3N2O. The van der Waals surface area contributed by atoms with Crippen LogP contribution in [-0.4, -0.2) is 12.5 Å². The molecule has 0 radical (unpaired) electrons. The highest BCUT2D eigenvalue weighted by Crippen LogP contribution is 2.30. The van der Waals surface area contributed by atoms with Crippen LogP contribution in [0.1, 0.15) is 12.0 Å². The summed E-state index contributed by atoms with van der Waals surface area (Å²) in [5.41, 5.74) is -0.0304. The maximum atomic E-state index is 12.6. The van der Waals surface area contributed by atoms with Crippen LogP contribution in [0.4, 0.5) is 24.5 Å². The van der Waals surface area contributed by atoms with Gasteiger partial charge in [0.25, 0.3) is 0 Å². The Morgan fingerprint density at radius 1 is 1.08 bits per heavy atom. The van der Waals surface area contributed by atoms with E-state index in [2.05, 4.69) is 10.6 Å². The van der Waals surface area contributed by atoms with Gasteiger partial charge in [-0.3, -0.25) is 4.79 Å². The van der Waals surface area contributed by atoms with Gasteiger partial charge < -0.3 is 10.6 Å². The predicted molar refractivity (Wildman–Crippen MR) is 89.6 cm³/mol. The van der Waals surface area contributed by atoms with Gasteiger partial charge in [0, 0.05) is 23.7 Å². The molecule has 0 aliphatic carbocycles. The first-order chi connectivity index (χ1) is 11.3. The standard InChI is InChI=1S/C16H13Cl2F3N2O/c17-11-4-5-14(13(18)9-11)23-15(24)6-7-22-12-3-1-2-10(8-12)16(19,20)21/h1-5,8-9,22H,6-7H2,(H,23,24). The molecule has 0 fully saturated rings. The van der Waals surface area contributed by atoms with Gasteiger partial charge in [-0.2, -0.15) is 13.2 Å². The first kappa shape index (κ1) is 18.4. The number of nitrogens with one attached hydrogen (secondary N) is 2. The molecule has 0 unspecified atom stereocenters. The Morgan fingerprint density at radius 3 is 2.50 bits per heavy atom. The highest BCUT2D eigenvalue weighted by molar-refractivity contribution is 6.36. The summed E-state index contributed by atoms with van der Waals surface area (Å²) in [6, 6.07) is 9.45. The summed E-state index contributed by atoms with van der Waals surface area (Å²) in [6.07, 6.45) is -4.34. The van der Waals surface area contributed by atoms with Gasteiger partial charge in [0.1, 0.15) is 0 Å². The minimum atomic E-state index is -4.40. The van der Waals surface area contributed by atoms with Gasteiger partial charge in [0.15, 0.2) is 0 Å². The zero-order valence-electron chi connectivity index (χ0n) is 12.3. The molecule has 0 bridgehead atoms. The van der Waals surface area contributed by atoms with Crippen LogP contribution in [0, 0.1) is 0 Å². The molecular weight excluding hydrogens is 364 g/mol. The lowest BCUT2D eigenvalue weighted by atomic mass is 10.2. The number of carbonyl (C=O) groups is 1. The highest BCUT2D eigenvalue weighted by Gasteiger charge is 2.30. The lowest BCUT2D eigenvalue weighted by Gasteiger charge is -2.11. The molecule has 3 nitrogen and oxygen atoms in total. The maximum absolute atomic E-state index is 12.6. The van der Waals surface area contributed by atoms with Gasteiger partial charge in [-0.15, -0.1) is 0 Å². The fourth-order valence-corrected chi connectivity index (χ4v) is 2.39. The zero-order chi connectivity index (χ0) is 17.7. The molecule has 24 heavy (non-hydrogen) atoms. The smallest absolute Gasteiger partial charge is 0.385 e. The SMILES string of the molecule is O=C(CCNc1cccc(C(F)(F)F)c1)Nc1ccc(Cl)cc1Cl. The van der Waals surface area contributed by atoms with Crippen LogP contribution < -0.4 is 10.6 Å². The summed E-state index contributed by atoms with van der Waals surface area (Å²) in [4.78, 5) is 11.8. The molecule has 128 valence electrons. The lowest BCUT2D eigenvalue weighted by molar-refractivity contribution is -0.137. The molecule has 2 aromatic carbocycles. The summed E-state index contributed by atoms with van der Waals surface area (Å²) in [5, 5.41) is 6.15. The number of benzene rings is 2. The second-order valence-electron chi connectivity index (χ2n) is 4.93. The Balaban J connectivity index is 1.87. The van der Waals surface area contributed by atoms with Crippen LogP contribution in [0.2, 0.25) is 10.0 Å². The van der Waals surface area contributed by atoms with Crippen LogP contribution in [-0.2, 0) is 11.0 Å². The number of alkyl halides is 3. The number of hydrogen-bond donors (Lipinski definition) is 2. The van der Waals surface area contributed by atoms with Crippen LogP contribution in [0.15, 0.2) is 42.5 Å². The van der Waals surface area contributed by atoms with Gasteiger partial charge in [-0.05, 0) is 36.4 Å². The minimum absolute atomic E-state index is 0.0647. The molecule has 0 heterocycles. The second kappa shape index (κ2) is 7.77. The molecule has 1 amide bonds. The summed E-state index contributed by atoms with van der Waals surface area (Å²) in [5.74, 6) is -0.321. The first-order valence-electron chi connectivity index (χ1n) is 6.92. The monoisotopic (exact) mass is 376 g/mol. The maximum Gasteiger partial charge on any atom is 0.416 e. The van der Waals surface area contributed by atoms with Gasteiger partial charge >= 0.3 is 6.18 Å². The van der Waals surface area contributed by atoms with Crippen molar-refractivity contribution in [3.8, 4) is 0 Å². The molecule has 0 saturated heterocycles. The van der Waals surface area contributed by atoms with E-state index in [-0.39, 0.29) is 18.9 Å². The lowest BCUT2D eigenvalue weighted by Crippen LogP contribution is -2.16. The van der Waals surface area contributed by atoms with Crippen molar-refractivity contribution in [2.24, 2.45) is 0 Å². The van der Waals surface area contributed by atoms with Crippen molar-refractivity contribution >= 4 is 40.5 Å². The third kappa shape index (κ3) is 5.32. The molecule has 0 spiro atoms. The molecule has 2 aromatic rings. The molecule has 0 atom stereocenters. The average Bonchev–Trinajstić information content (AvgIpc) is 2.50. The van der Waals surface area contributed by atoms with Crippen LogP contribution in [0.3, 0.4) is 0 Å². The van der Waals surface area contributed by atoms with E-state index in [0.29, 0.717) is 21.4 Å². The van der Waals surface area contributed by atoms with Gasteiger partial charge in [0.2, 0.25) is 5.91 Å². The Kier molecular flexibility index (Phi) is 5.96. The van der Waals surface area contributed by atoms with E-state index in [1.165, 1.54) is 18.2 Å². The minimum Gasteiger partial charge on any atom is -0.385 e. The van der Waals surface area contributed by atoms with Crippen LogP contribution >= 0.6 is 23.2 Å². The van der Waals surface area contributed by atoms with Gasteiger partial charge in [0.05, 0.1) is 16.3 Å². The molecule has 0 saturated carbocycles. The van der Waals surface area contributed by atoms with E-state index in [0.717, 1.165) is 12.1 Å².